The Morgan fingerprint density at radius 3 is 2.25 bits per heavy atom. The number of hydrogen-bond acceptors (Lipinski definition) is 2. The molecule has 2 aromatic carbocycles. The number of halogens is 1. The van der Waals surface area contributed by atoms with Gasteiger partial charge < -0.3 is 10.8 Å². The molecule has 0 aliphatic rings. The molecule has 0 radical (unpaired) electrons. The maximum absolute atomic E-state index is 9.69. The number of para-hydroxylation sites is 1. The van der Waals surface area contributed by atoms with Gasteiger partial charge in [-0.05, 0) is 23.8 Å². The summed E-state index contributed by atoms with van der Waals surface area (Å²) in [6.07, 6.45) is 0. The van der Waals surface area contributed by atoms with E-state index in [0.717, 1.165) is 5.56 Å². The van der Waals surface area contributed by atoms with E-state index in [0.29, 0.717) is 10.6 Å². The molecule has 0 fully saturated rings. The first-order valence-corrected chi connectivity index (χ1v) is 5.35. The molecule has 0 heterocycles. The van der Waals surface area contributed by atoms with Gasteiger partial charge in [0.2, 0.25) is 0 Å². The zero-order valence-corrected chi connectivity index (χ0v) is 9.35. The van der Waals surface area contributed by atoms with Crippen molar-refractivity contribution in [1.82, 2.24) is 0 Å². The Morgan fingerprint density at radius 1 is 1.00 bits per heavy atom. The summed E-state index contributed by atoms with van der Waals surface area (Å²) in [5.41, 5.74) is 7.70. The SMILES string of the molecule is NC(c1ccc(Cl)cc1)c1ccccc1O. The molecule has 3 heteroatoms. The second-order valence-electron chi connectivity index (χ2n) is 3.59. The maximum atomic E-state index is 9.69. The number of hydrogen-bond donors (Lipinski definition) is 2. The third-order valence-corrected chi connectivity index (χ3v) is 2.75. The third kappa shape index (κ3) is 2.18. The molecule has 0 aromatic heterocycles. The van der Waals surface area contributed by atoms with Crippen LogP contribution in [0, 0.1) is 0 Å². The lowest BCUT2D eigenvalue weighted by Gasteiger charge is -2.13. The van der Waals surface area contributed by atoms with Crippen LogP contribution in [-0.2, 0) is 0 Å². The molecule has 1 unspecified atom stereocenters. The highest BCUT2D eigenvalue weighted by Gasteiger charge is 2.11. The predicted octanol–water partition coefficient (Wildman–Crippen LogP) is 3.09. The summed E-state index contributed by atoms with van der Waals surface area (Å²) >= 11 is 5.80. The largest absolute Gasteiger partial charge is 0.508 e. The highest BCUT2D eigenvalue weighted by atomic mass is 35.5. The molecule has 0 amide bonds. The lowest BCUT2D eigenvalue weighted by atomic mass is 9.99. The molecule has 0 aliphatic carbocycles. The highest BCUT2D eigenvalue weighted by molar-refractivity contribution is 6.30. The van der Waals surface area contributed by atoms with Crippen LogP contribution in [0.4, 0.5) is 0 Å². The van der Waals surface area contributed by atoms with Crippen molar-refractivity contribution >= 4 is 11.6 Å². The summed E-state index contributed by atoms with van der Waals surface area (Å²) in [4.78, 5) is 0. The van der Waals surface area contributed by atoms with Crippen molar-refractivity contribution in [2.75, 3.05) is 0 Å². The number of phenolic OH excluding ortho intramolecular Hbond substituents is 1. The molecular formula is C13H12ClNO. The minimum Gasteiger partial charge on any atom is -0.508 e. The summed E-state index contributed by atoms with van der Waals surface area (Å²) in [6.45, 7) is 0. The van der Waals surface area contributed by atoms with Gasteiger partial charge >= 0.3 is 0 Å². The Kier molecular flexibility index (Phi) is 3.13. The van der Waals surface area contributed by atoms with E-state index >= 15 is 0 Å². The van der Waals surface area contributed by atoms with Crippen LogP contribution in [0.15, 0.2) is 48.5 Å². The summed E-state index contributed by atoms with van der Waals surface area (Å²) in [5.74, 6) is 0.213. The quantitative estimate of drug-likeness (QED) is 0.837. The molecule has 0 bridgehead atoms. The van der Waals surface area contributed by atoms with Crippen LogP contribution in [0.3, 0.4) is 0 Å². The van der Waals surface area contributed by atoms with Gasteiger partial charge in [0.05, 0.1) is 6.04 Å². The molecule has 1 atom stereocenters. The zero-order chi connectivity index (χ0) is 11.5. The average Bonchev–Trinajstić information content (AvgIpc) is 2.30. The van der Waals surface area contributed by atoms with Crippen LogP contribution >= 0.6 is 11.6 Å². The van der Waals surface area contributed by atoms with Gasteiger partial charge in [-0.2, -0.15) is 0 Å². The van der Waals surface area contributed by atoms with Crippen molar-refractivity contribution in [2.45, 2.75) is 6.04 Å². The van der Waals surface area contributed by atoms with Crippen LogP contribution in [0.2, 0.25) is 5.02 Å². The van der Waals surface area contributed by atoms with Gasteiger partial charge in [-0.3, -0.25) is 0 Å². The molecule has 2 aromatic rings. The molecule has 0 saturated carbocycles. The van der Waals surface area contributed by atoms with Gasteiger partial charge in [-0.15, -0.1) is 0 Å². The Morgan fingerprint density at radius 2 is 1.62 bits per heavy atom. The smallest absolute Gasteiger partial charge is 0.120 e. The van der Waals surface area contributed by atoms with Crippen molar-refractivity contribution in [2.24, 2.45) is 5.73 Å². The van der Waals surface area contributed by atoms with Crippen LogP contribution in [-0.4, -0.2) is 5.11 Å². The molecule has 3 N–H and O–H groups in total. The summed E-state index contributed by atoms with van der Waals surface area (Å²) in [6, 6.07) is 14.0. The fourth-order valence-corrected chi connectivity index (χ4v) is 1.73. The first-order chi connectivity index (χ1) is 7.68. The minimum absolute atomic E-state index is 0.213. The number of aromatic hydroxyl groups is 1. The van der Waals surface area contributed by atoms with Gasteiger partial charge in [-0.1, -0.05) is 41.9 Å². The van der Waals surface area contributed by atoms with Crippen LogP contribution < -0.4 is 5.73 Å². The van der Waals surface area contributed by atoms with Gasteiger partial charge in [0, 0.05) is 10.6 Å². The summed E-state index contributed by atoms with van der Waals surface area (Å²) in [7, 11) is 0. The summed E-state index contributed by atoms with van der Waals surface area (Å²) in [5, 5.41) is 10.4. The van der Waals surface area contributed by atoms with E-state index in [4.69, 9.17) is 17.3 Å². The van der Waals surface area contributed by atoms with Crippen LogP contribution in [0.25, 0.3) is 0 Å². The van der Waals surface area contributed by atoms with E-state index in [-0.39, 0.29) is 11.8 Å². The van der Waals surface area contributed by atoms with Crippen molar-refractivity contribution in [1.29, 1.82) is 0 Å². The van der Waals surface area contributed by atoms with E-state index in [1.807, 2.05) is 24.3 Å². The normalized spacial score (nSPS) is 12.4. The van der Waals surface area contributed by atoms with E-state index in [9.17, 15) is 5.11 Å². The van der Waals surface area contributed by atoms with Crippen molar-refractivity contribution in [3.63, 3.8) is 0 Å². The molecule has 16 heavy (non-hydrogen) atoms. The molecular weight excluding hydrogens is 222 g/mol. The molecule has 0 aliphatic heterocycles. The van der Waals surface area contributed by atoms with Gasteiger partial charge in [0.15, 0.2) is 0 Å². The second-order valence-corrected chi connectivity index (χ2v) is 4.02. The molecule has 2 rings (SSSR count). The van der Waals surface area contributed by atoms with Crippen LogP contribution in [0.1, 0.15) is 17.2 Å². The number of phenols is 1. The molecule has 2 nitrogen and oxygen atoms in total. The number of rotatable bonds is 2. The molecule has 0 saturated heterocycles. The van der Waals surface area contributed by atoms with Crippen molar-refractivity contribution in [3.05, 3.63) is 64.7 Å². The Bertz CT molecular complexity index is 482. The Hall–Kier alpha value is -1.51. The van der Waals surface area contributed by atoms with Crippen molar-refractivity contribution in [3.8, 4) is 5.75 Å². The van der Waals surface area contributed by atoms with Gasteiger partial charge in [0.25, 0.3) is 0 Å². The first-order valence-electron chi connectivity index (χ1n) is 4.97. The molecule has 0 spiro atoms. The predicted molar refractivity (Wildman–Crippen MR) is 65.6 cm³/mol. The highest BCUT2D eigenvalue weighted by Crippen LogP contribution is 2.27. The summed E-state index contributed by atoms with van der Waals surface area (Å²) < 4.78 is 0. The number of benzene rings is 2. The van der Waals surface area contributed by atoms with Gasteiger partial charge in [0.1, 0.15) is 5.75 Å². The monoisotopic (exact) mass is 233 g/mol. The Labute approximate surface area is 99.3 Å². The Balaban J connectivity index is 2.35. The van der Waals surface area contributed by atoms with E-state index in [1.54, 1.807) is 24.3 Å². The zero-order valence-electron chi connectivity index (χ0n) is 8.60. The standard InChI is InChI=1S/C13H12ClNO/c14-10-7-5-9(6-8-10)13(15)11-3-1-2-4-12(11)16/h1-8,13,16H,15H2. The third-order valence-electron chi connectivity index (χ3n) is 2.50. The fourth-order valence-electron chi connectivity index (χ4n) is 1.60. The fraction of sp³-hybridized carbons (Fsp3) is 0.0769. The number of nitrogens with two attached hydrogens (primary N) is 1. The average molecular weight is 234 g/mol. The van der Waals surface area contributed by atoms with E-state index in [2.05, 4.69) is 0 Å². The van der Waals surface area contributed by atoms with E-state index < -0.39 is 0 Å². The van der Waals surface area contributed by atoms with Crippen molar-refractivity contribution < 1.29 is 5.11 Å². The van der Waals surface area contributed by atoms with E-state index in [1.165, 1.54) is 0 Å². The second kappa shape index (κ2) is 4.56. The maximum Gasteiger partial charge on any atom is 0.120 e. The first kappa shape index (κ1) is 11.0. The lowest BCUT2D eigenvalue weighted by Crippen LogP contribution is -2.11. The lowest BCUT2D eigenvalue weighted by molar-refractivity contribution is 0.465. The van der Waals surface area contributed by atoms with Crippen LogP contribution in [0.5, 0.6) is 5.75 Å². The topological polar surface area (TPSA) is 46.2 Å². The van der Waals surface area contributed by atoms with Gasteiger partial charge in [-0.25, -0.2) is 0 Å². The minimum atomic E-state index is -0.335. The molecule has 82 valence electrons.